The first-order valence-corrected chi connectivity index (χ1v) is 4.95. The fraction of sp³-hybridized carbons (Fsp3) is 0.500. The van der Waals surface area contributed by atoms with Crippen LogP contribution in [0, 0.1) is 5.92 Å². The molecule has 0 aliphatic rings. The van der Waals surface area contributed by atoms with E-state index in [1.54, 1.807) is 0 Å². The van der Waals surface area contributed by atoms with E-state index in [-0.39, 0.29) is 6.61 Å². The van der Waals surface area contributed by atoms with Crippen LogP contribution in [0.4, 0.5) is 0 Å². The summed E-state index contributed by atoms with van der Waals surface area (Å²) >= 11 is 0. The van der Waals surface area contributed by atoms with Crippen molar-refractivity contribution in [2.75, 3.05) is 6.61 Å². The smallest absolute Gasteiger partial charge is 0.0502 e. The Labute approximate surface area is 80.4 Å². The molecule has 1 aromatic rings. The normalized spacial score (nSPS) is 15.3. The Morgan fingerprint density at radius 1 is 1.23 bits per heavy atom. The highest BCUT2D eigenvalue weighted by Crippen LogP contribution is 2.25. The predicted molar refractivity (Wildman–Crippen MR) is 55.7 cm³/mol. The van der Waals surface area contributed by atoms with E-state index in [9.17, 15) is 5.11 Å². The highest BCUT2D eigenvalue weighted by molar-refractivity contribution is 5.20. The standard InChI is InChI=1S/C12H18O/c1-3-10(2)12(9-13)11-7-5-4-6-8-11/h4-8,10,12-13H,3,9H2,1-2H3/t10-,12+/m0/s1. The van der Waals surface area contributed by atoms with Crippen molar-refractivity contribution in [2.24, 2.45) is 5.92 Å². The molecular formula is C12H18O. The Balaban J connectivity index is 2.78. The maximum absolute atomic E-state index is 9.28. The molecule has 0 saturated carbocycles. The summed E-state index contributed by atoms with van der Waals surface area (Å²) in [6.45, 7) is 4.60. The average Bonchev–Trinajstić information content (AvgIpc) is 2.20. The monoisotopic (exact) mass is 178 g/mol. The van der Waals surface area contributed by atoms with Crippen molar-refractivity contribution in [1.29, 1.82) is 0 Å². The first-order valence-electron chi connectivity index (χ1n) is 4.95. The largest absolute Gasteiger partial charge is 0.396 e. The highest BCUT2D eigenvalue weighted by atomic mass is 16.3. The van der Waals surface area contributed by atoms with Crippen LogP contribution in [0.2, 0.25) is 0 Å². The Morgan fingerprint density at radius 2 is 1.85 bits per heavy atom. The number of hydrogen-bond donors (Lipinski definition) is 1. The molecule has 0 heterocycles. The molecule has 72 valence electrons. The minimum atomic E-state index is 0.249. The van der Waals surface area contributed by atoms with Crippen molar-refractivity contribution in [2.45, 2.75) is 26.2 Å². The zero-order valence-corrected chi connectivity index (χ0v) is 8.40. The van der Waals surface area contributed by atoms with Gasteiger partial charge in [-0.2, -0.15) is 0 Å². The molecule has 0 unspecified atom stereocenters. The van der Waals surface area contributed by atoms with E-state index in [2.05, 4.69) is 26.0 Å². The van der Waals surface area contributed by atoms with Gasteiger partial charge in [-0.15, -0.1) is 0 Å². The molecule has 1 heteroatoms. The van der Waals surface area contributed by atoms with Crippen LogP contribution in [-0.4, -0.2) is 11.7 Å². The predicted octanol–water partition coefficient (Wildman–Crippen LogP) is 2.81. The van der Waals surface area contributed by atoms with E-state index < -0.39 is 0 Å². The summed E-state index contributed by atoms with van der Waals surface area (Å²) in [6.07, 6.45) is 1.11. The lowest BCUT2D eigenvalue weighted by molar-refractivity contribution is 0.229. The molecule has 0 fully saturated rings. The molecule has 0 saturated heterocycles. The Bertz CT molecular complexity index is 230. The topological polar surface area (TPSA) is 20.2 Å². The van der Waals surface area contributed by atoms with Gasteiger partial charge in [0.15, 0.2) is 0 Å². The third-order valence-electron chi connectivity index (χ3n) is 2.76. The SMILES string of the molecule is CC[C@H](C)[C@@H](CO)c1ccccc1. The van der Waals surface area contributed by atoms with Crippen molar-refractivity contribution in [3.8, 4) is 0 Å². The van der Waals surface area contributed by atoms with Crippen molar-refractivity contribution in [3.05, 3.63) is 35.9 Å². The number of benzene rings is 1. The van der Waals surface area contributed by atoms with Crippen LogP contribution >= 0.6 is 0 Å². The van der Waals surface area contributed by atoms with Crippen LogP contribution in [0.1, 0.15) is 31.7 Å². The van der Waals surface area contributed by atoms with Gasteiger partial charge in [-0.3, -0.25) is 0 Å². The molecular weight excluding hydrogens is 160 g/mol. The van der Waals surface area contributed by atoms with Gasteiger partial charge in [-0.05, 0) is 11.5 Å². The Morgan fingerprint density at radius 3 is 2.31 bits per heavy atom. The molecule has 0 aliphatic heterocycles. The quantitative estimate of drug-likeness (QED) is 0.751. The minimum Gasteiger partial charge on any atom is -0.396 e. The van der Waals surface area contributed by atoms with E-state index >= 15 is 0 Å². The fourth-order valence-electron chi connectivity index (χ4n) is 1.60. The lowest BCUT2D eigenvalue weighted by Gasteiger charge is -2.20. The Kier molecular flexibility index (Phi) is 3.97. The maximum atomic E-state index is 9.28. The van der Waals surface area contributed by atoms with E-state index in [4.69, 9.17) is 0 Å². The summed E-state index contributed by atoms with van der Waals surface area (Å²) in [5, 5.41) is 9.28. The maximum Gasteiger partial charge on any atom is 0.0502 e. The van der Waals surface area contributed by atoms with Gasteiger partial charge >= 0.3 is 0 Å². The molecule has 13 heavy (non-hydrogen) atoms. The minimum absolute atomic E-state index is 0.249. The number of rotatable bonds is 4. The second-order valence-corrected chi connectivity index (χ2v) is 3.59. The van der Waals surface area contributed by atoms with Crippen LogP contribution in [0.3, 0.4) is 0 Å². The third kappa shape index (κ3) is 2.56. The molecule has 0 spiro atoms. The first kappa shape index (κ1) is 10.3. The van der Waals surface area contributed by atoms with Crippen LogP contribution in [0.25, 0.3) is 0 Å². The van der Waals surface area contributed by atoms with E-state index in [1.807, 2.05) is 18.2 Å². The third-order valence-corrected chi connectivity index (χ3v) is 2.76. The summed E-state index contributed by atoms with van der Waals surface area (Å²) in [5.74, 6) is 0.846. The molecule has 1 N–H and O–H groups in total. The van der Waals surface area contributed by atoms with Gasteiger partial charge in [-0.1, -0.05) is 50.6 Å². The van der Waals surface area contributed by atoms with Gasteiger partial charge in [0.05, 0.1) is 6.61 Å². The summed E-state index contributed by atoms with van der Waals surface area (Å²) in [6, 6.07) is 10.2. The van der Waals surface area contributed by atoms with Gasteiger partial charge in [-0.25, -0.2) is 0 Å². The highest BCUT2D eigenvalue weighted by Gasteiger charge is 2.15. The molecule has 0 bridgehead atoms. The summed E-state index contributed by atoms with van der Waals surface area (Å²) in [4.78, 5) is 0. The van der Waals surface area contributed by atoms with Gasteiger partial charge in [0, 0.05) is 5.92 Å². The number of aliphatic hydroxyl groups excluding tert-OH is 1. The summed E-state index contributed by atoms with van der Waals surface area (Å²) in [5.41, 5.74) is 1.25. The molecule has 2 atom stereocenters. The van der Waals surface area contributed by atoms with Crippen molar-refractivity contribution in [1.82, 2.24) is 0 Å². The van der Waals surface area contributed by atoms with Gasteiger partial charge < -0.3 is 5.11 Å². The van der Waals surface area contributed by atoms with Crippen molar-refractivity contribution < 1.29 is 5.11 Å². The number of aliphatic hydroxyl groups is 1. The van der Waals surface area contributed by atoms with Crippen LogP contribution in [-0.2, 0) is 0 Å². The van der Waals surface area contributed by atoms with Crippen LogP contribution in [0.15, 0.2) is 30.3 Å². The molecule has 0 radical (unpaired) electrons. The van der Waals surface area contributed by atoms with E-state index in [0.717, 1.165) is 6.42 Å². The zero-order valence-electron chi connectivity index (χ0n) is 8.40. The second kappa shape index (κ2) is 5.03. The lowest BCUT2D eigenvalue weighted by Crippen LogP contribution is -2.12. The average molecular weight is 178 g/mol. The van der Waals surface area contributed by atoms with E-state index in [0.29, 0.717) is 11.8 Å². The second-order valence-electron chi connectivity index (χ2n) is 3.59. The molecule has 1 rings (SSSR count). The molecule has 0 aromatic heterocycles. The van der Waals surface area contributed by atoms with Crippen LogP contribution < -0.4 is 0 Å². The van der Waals surface area contributed by atoms with Crippen LogP contribution in [0.5, 0.6) is 0 Å². The first-order chi connectivity index (χ1) is 6.29. The molecule has 1 nitrogen and oxygen atoms in total. The lowest BCUT2D eigenvalue weighted by atomic mass is 9.86. The molecule has 1 aromatic carbocycles. The Hall–Kier alpha value is -0.820. The zero-order chi connectivity index (χ0) is 9.68. The van der Waals surface area contributed by atoms with E-state index in [1.165, 1.54) is 5.56 Å². The molecule has 0 amide bonds. The van der Waals surface area contributed by atoms with Crippen molar-refractivity contribution in [3.63, 3.8) is 0 Å². The van der Waals surface area contributed by atoms with Crippen molar-refractivity contribution >= 4 is 0 Å². The molecule has 0 aliphatic carbocycles. The van der Waals surface area contributed by atoms with Gasteiger partial charge in [0.25, 0.3) is 0 Å². The summed E-state index contributed by atoms with van der Waals surface area (Å²) < 4.78 is 0. The summed E-state index contributed by atoms with van der Waals surface area (Å²) in [7, 11) is 0. The van der Waals surface area contributed by atoms with Gasteiger partial charge in [0.1, 0.15) is 0 Å². The number of hydrogen-bond acceptors (Lipinski definition) is 1. The van der Waals surface area contributed by atoms with Gasteiger partial charge in [0.2, 0.25) is 0 Å². The fourth-order valence-corrected chi connectivity index (χ4v) is 1.60.